The third-order valence-electron chi connectivity index (χ3n) is 2.98. The molecule has 0 saturated carbocycles. The molecule has 0 aliphatic carbocycles. The van der Waals surface area contributed by atoms with Crippen molar-refractivity contribution in [2.24, 2.45) is 7.05 Å². The van der Waals surface area contributed by atoms with Gasteiger partial charge in [0.2, 0.25) is 10.0 Å². The Hall–Kier alpha value is -1.63. The molecule has 0 radical (unpaired) electrons. The van der Waals surface area contributed by atoms with E-state index in [9.17, 15) is 13.5 Å². The summed E-state index contributed by atoms with van der Waals surface area (Å²) in [7, 11) is -1.85. The number of aliphatic hydroxyl groups excluding tert-OH is 1. The normalized spacial score (nSPS) is 13.3. The van der Waals surface area contributed by atoms with Gasteiger partial charge >= 0.3 is 0 Å². The lowest BCUT2D eigenvalue weighted by Gasteiger charge is -2.16. The molecule has 1 atom stereocenters. The molecule has 0 unspecified atom stereocenters. The van der Waals surface area contributed by atoms with Crippen LogP contribution in [0, 0.1) is 0 Å². The topological polar surface area (TPSA) is 71.3 Å². The van der Waals surface area contributed by atoms with Crippen LogP contribution in [0.15, 0.2) is 53.7 Å². The first kappa shape index (κ1) is 14.8. The molecule has 0 fully saturated rings. The lowest BCUT2D eigenvalue weighted by atomic mass is 10.1. The Morgan fingerprint density at radius 3 is 2.50 bits per heavy atom. The summed E-state index contributed by atoms with van der Waals surface area (Å²) < 4.78 is 28.5. The zero-order valence-corrected chi connectivity index (χ0v) is 12.0. The SMILES string of the molecule is Cn1ccc(S(=O)(=O)N[C@H](CO)Cc2ccccc2)c1. The van der Waals surface area contributed by atoms with Crippen LogP contribution in [0.1, 0.15) is 5.56 Å². The Bertz CT molecular complexity index is 650. The average Bonchev–Trinajstić information content (AvgIpc) is 2.86. The van der Waals surface area contributed by atoms with E-state index in [1.54, 1.807) is 17.8 Å². The molecule has 2 N–H and O–H groups in total. The van der Waals surface area contributed by atoms with E-state index in [-0.39, 0.29) is 11.5 Å². The summed E-state index contributed by atoms with van der Waals surface area (Å²) >= 11 is 0. The molecule has 0 aliphatic heterocycles. The summed E-state index contributed by atoms with van der Waals surface area (Å²) in [6.45, 7) is -0.249. The maximum absolute atomic E-state index is 12.2. The van der Waals surface area contributed by atoms with E-state index in [1.807, 2.05) is 30.3 Å². The van der Waals surface area contributed by atoms with Crippen molar-refractivity contribution in [3.8, 4) is 0 Å². The maximum Gasteiger partial charge on any atom is 0.242 e. The van der Waals surface area contributed by atoms with Crippen LogP contribution in [0.4, 0.5) is 0 Å². The van der Waals surface area contributed by atoms with E-state index >= 15 is 0 Å². The van der Waals surface area contributed by atoms with Gasteiger partial charge in [-0.15, -0.1) is 0 Å². The van der Waals surface area contributed by atoms with Crippen molar-refractivity contribution in [1.29, 1.82) is 0 Å². The minimum atomic E-state index is -3.60. The Balaban J connectivity index is 2.10. The third kappa shape index (κ3) is 3.69. The highest BCUT2D eigenvalue weighted by Gasteiger charge is 2.20. The molecule has 5 nitrogen and oxygen atoms in total. The van der Waals surface area contributed by atoms with Gasteiger partial charge in [-0.05, 0) is 18.1 Å². The fourth-order valence-corrected chi connectivity index (χ4v) is 3.24. The molecule has 6 heteroatoms. The average molecular weight is 294 g/mol. The van der Waals surface area contributed by atoms with Crippen molar-refractivity contribution >= 4 is 10.0 Å². The van der Waals surface area contributed by atoms with E-state index in [0.717, 1.165) is 5.56 Å². The van der Waals surface area contributed by atoms with E-state index in [0.29, 0.717) is 6.42 Å². The highest BCUT2D eigenvalue weighted by atomic mass is 32.2. The second-order valence-electron chi connectivity index (χ2n) is 4.70. The zero-order chi connectivity index (χ0) is 14.6. The molecule has 0 aliphatic rings. The quantitative estimate of drug-likeness (QED) is 0.832. The number of hydrogen-bond donors (Lipinski definition) is 2. The number of aliphatic hydroxyl groups is 1. The molecule has 20 heavy (non-hydrogen) atoms. The van der Waals surface area contributed by atoms with Gasteiger partial charge in [-0.3, -0.25) is 0 Å². The Labute approximate surface area is 118 Å². The van der Waals surface area contributed by atoms with Crippen molar-refractivity contribution in [2.45, 2.75) is 17.4 Å². The second kappa shape index (κ2) is 6.21. The van der Waals surface area contributed by atoms with Crippen LogP contribution >= 0.6 is 0 Å². The van der Waals surface area contributed by atoms with Crippen LogP contribution < -0.4 is 4.72 Å². The standard InChI is InChI=1S/C14H18N2O3S/c1-16-8-7-14(10-16)20(18,19)15-13(11-17)9-12-5-3-2-4-6-12/h2-8,10,13,15,17H,9,11H2,1H3/t13-/m0/s1. The Morgan fingerprint density at radius 2 is 1.95 bits per heavy atom. The number of nitrogens with one attached hydrogen (secondary N) is 1. The van der Waals surface area contributed by atoms with Crippen molar-refractivity contribution in [1.82, 2.24) is 9.29 Å². The second-order valence-corrected chi connectivity index (χ2v) is 6.42. The highest BCUT2D eigenvalue weighted by molar-refractivity contribution is 7.89. The Morgan fingerprint density at radius 1 is 1.25 bits per heavy atom. The van der Waals surface area contributed by atoms with Gasteiger partial charge in [-0.2, -0.15) is 0 Å². The number of aryl methyl sites for hydroxylation is 1. The number of aromatic nitrogens is 1. The largest absolute Gasteiger partial charge is 0.395 e. The van der Waals surface area contributed by atoms with E-state index in [4.69, 9.17) is 0 Å². The summed E-state index contributed by atoms with van der Waals surface area (Å²) in [5, 5.41) is 9.37. The van der Waals surface area contributed by atoms with Crippen molar-refractivity contribution in [3.05, 3.63) is 54.4 Å². The van der Waals surface area contributed by atoms with Crippen LogP contribution in [-0.4, -0.2) is 30.7 Å². The van der Waals surface area contributed by atoms with E-state index in [2.05, 4.69) is 4.72 Å². The van der Waals surface area contributed by atoms with Crippen molar-refractivity contribution in [3.63, 3.8) is 0 Å². The first-order chi connectivity index (χ1) is 9.51. The molecular weight excluding hydrogens is 276 g/mol. The summed E-state index contributed by atoms with van der Waals surface area (Å²) in [6, 6.07) is 10.5. The van der Waals surface area contributed by atoms with Crippen LogP contribution in [0.5, 0.6) is 0 Å². The number of hydrogen-bond acceptors (Lipinski definition) is 3. The predicted octanol–water partition coefficient (Wildman–Crippen LogP) is 0.907. The molecule has 1 aromatic carbocycles. The minimum Gasteiger partial charge on any atom is -0.395 e. The monoisotopic (exact) mass is 294 g/mol. The molecule has 2 aromatic rings. The zero-order valence-electron chi connectivity index (χ0n) is 11.2. The van der Waals surface area contributed by atoms with Crippen LogP contribution in [0.2, 0.25) is 0 Å². The summed E-state index contributed by atoms with van der Waals surface area (Å²) in [5.41, 5.74) is 0.974. The van der Waals surface area contributed by atoms with Crippen LogP contribution in [-0.2, 0) is 23.5 Å². The van der Waals surface area contributed by atoms with Gasteiger partial charge in [-0.25, -0.2) is 13.1 Å². The van der Waals surface area contributed by atoms with Gasteiger partial charge < -0.3 is 9.67 Å². The molecule has 0 saturated heterocycles. The molecule has 2 rings (SSSR count). The first-order valence-electron chi connectivity index (χ1n) is 6.30. The van der Waals surface area contributed by atoms with Gasteiger partial charge in [0.1, 0.15) is 0 Å². The van der Waals surface area contributed by atoms with Crippen molar-refractivity contribution in [2.75, 3.05) is 6.61 Å². The smallest absolute Gasteiger partial charge is 0.242 e. The Kier molecular flexibility index (Phi) is 4.59. The molecule has 1 heterocycles. The highest BCUT2D eigenvalue weighted by Crippen LogP contribution is 2.11. The number of nitrogens with zero attached hydrogens (tertiary/aromatic N) is 1. The third-order valence-corrected chi connectivity index (χ3v) is 4.49. The van der Waals surface area contributed by atoms with Gasteiger partial charge in [0.25, 0.3) is 0 Å². The molecule has 0 spiro atoms. The lowest BCUT2D eigenvalue weighted by molar-refractivity contribution is 0.256. The van der Waals surface area contributed by atoms with Gasteiger partial charge in [0.05, 0.1) is 11.5 Å². The van der Waals surface area contributed by atoms with Gasteiger partial charge in [0.15, 0.2) is 0 Å². The van der Waals surface area contributed by atoms with E-state index < -0.39 is 16.1 Å². The van der Waals surface area contributed by atoms with E-state index in [1.165, 1.54) is 12.3 Å². The predicted molar refractivity (Wildman–Crippen MR) is 76.8 cm³/mol. The molecule has 0 amide bonds. The van der Waals surface area contributed by atoms with Crippen LogP contribution in [0.3, 0.4) is 0 Å². The number of rotatable bonds is 6. The van der Waals surface area contributed by atoms with Gasteiger partial charge in [0, 0.05) is 25.5 Å². The summed E-state index contributed by atoms with van der Waals surface area (Å²) in [6.07, 6.45) is 3.64. The van der Waals surface area contributed by atoms with Gasteiger partial charge in [-0.1, -0.05) is 30.3 Å². The van der Waals surface area contributed by atoms with Crippen molar-refractivity contribution < 1.29 is 13.5 Å². The molecular formula is C14H18N2O3S. The molecule has 1 aromatic heterocycles. The first-order valence-corrected chi connectivity index (χ1v) is 7.78. The summed E-state index contributed by atoms with van der Waals surface area (Å²) in [4.78, 5) is 0.200. The number of benzene rings is 1. The molecule has 0 bridgehead atoms. The fraction of sp³-hybridized carbons (Fsp3) is 0.286. The maximum atomic E-state index is 12.2. The molecule has 108 valence electrons. The number of sulfonamides is 1. The lowest BCUT2D eigenvalue weighted by Crippen LogP contribution is -2.38. The summed E-state index contributed by atoms with van der Waals surface area (Å²) in [5.74, 6) is 0. The van der Waals surface area contributed by atoms with Crippen LogP contribution in [0.25, 0.3) is 0 Å². The fourth-order valence-electron chi connectivity index (χ4n) is 1.97. The minimum absolute atomic E-state index is 0.200.